The van der Waals surface area contributed by atoms with E-state index in [-0.39, 0.29) is 0 Å². The smallest absolute Gasteiger partial charge is 0.382 e. The number of benzene rings is 2. The van der Waals surface area contributed by atoms with Crippen molar-refractivity contribution in [1.29, 1.82) is 0 Å². The lowest BCUT2D eigenvalue weighted by atomic mass is 10.1. The Kier molecular flexibility index (Phi) is 4.01. The third-order valence-corrected chi connectivity index (χ3v) is 3.43. The molecule has 0 aliphatic rings. The van der Waals surface area contributed by atoms with E-state index in [1.165, 1.54) is 0 Å². The number of halogens is 4. The molecule has 0 saturated carbocycles. The Morgan fingerprint density at radius 2 is 1.74 bits per heavy atom. The largest absolute Gasteiger partial charge is 0.416 e. The Bertz CT molecular complexity index is 586. The molecule has 2 N–H and O–H groups in total. The molecule has 2 aromatic carbocycles. The van der Waals surface area contributed by atoms with Crippen LogP contribution in [0.15, 0.2) is 40.9 Å². The highest BCUT2D eigenvalue weighted by molar-refractivity contribution is 9.10. The molecular formula is C13H11BrF3NO. The number of aliphatic hydroxyl groups is 1. The zero-order valence-electron chi connectivity index (χ0n) is 9.71. The van der Waals surface area contributed by atoms with Crippen molar-refractivity contribution in [2.45, 2.75) is 12.3 Å². The molecule has 2 aromatic rings. The third-order valence-electron chi connectivity index (χ3n) is 2.73. The van der Waals surface area contributed by atoms with Crippen molar-refractivity contribution in [3.05, 3.63) is 40.9 Å². The summed E-state index contributed by atoms with van der Waals surface area (Å²) in [7, 11) is 0. The monoisotopic (exact) mass is 333 g/mol. The van der Waals surface area contributed by atoms with Crippen LogP contribution in [-0.2, 0) is 0 Å². The molecule has 0 aliphatic carbocycles. The molecular weight excluding hydrogens is 323 g/mol. The molecule has 0 radical (unpaired) electrons. The van der Waals surface area contributed by atoms with Crippen LogP contribution in [0.1, 0.15) is 0 Å². The fourth-order valence-corrected chi connectivity index (χ4v) is 2.22. The Balaban J connectivity index is 2.25. The number of hydrogen-bond acceptors (Lipinski definition) is 2. The molecule has 0 aromatic heterocycles. The lowest BCUT2D eigenvalue weighted by molar-refractivity contribution is -0.198. The molecule has 0 heterocycles. The number of nitrogens with one attached hydrogen (secondary N) is 1. The van der Waals surface area contributed by atoms with Crippen LogP contribution < -0.4 is 5.32 Å². The number of hydrogen-bond donors (Lipinski definition) is 2. The van der Waals surface area contributed by atoms with Gasteiger partial charge < -0.3 is 10.4 Å². The summed E-state index contributed by atoms with van der Waals surface area (Å²) in [4.78, 5) is 0. The first-order valence-electron chi connectivity index (χ1n) is 5.55. The van der Waals surface area contributed by atoms with Crippen LogP contribution in [0.4, 0.5) is 18.9 Å². The molecule has 0 saturated heterocycles. The first-order valence-corrected chi connectivity index (χ1v) is 6.35. The maximum atomic E-state index is 12.2. The summed E-state index contributed by atoms with van der Waals surface area (Å²) >= 11 is 3.39. The van der Waals surface area contributed by atoms with Gasteiger partial charge in [0.2, 0.25) is 0 Å². The molecule has 102 valence electrons. The van der Waals surface area contributed by atoms with Crippen LogP contribution >= 0.6 is 15.9 Å². The number of fused-ring (bicyclic) bond motifs is 1. The molecule has 2 nitrogen and oxygen atoms in total. The highest BCUT2D eigenvalue weighted by Gasteiger charge is 2.37. The summed E-state index contributed by atoms with van der Waals surface area (Å²) in [6, 6.07) is 10.8. The quantitative estimate of drug-likeness (QED) is 0.891. The average molecular weight is 334 g/mol. The van der Waals surface area contributed by atoms with Crippen LogP contribution in [0.25, 0.3) is 10.8 Å². The number of anilines is 1. The predicted octanol–water partition coefficient (Wildman–Crippen LogP) is 3.94. The maximum Gasteiger partial charge on any atom is 0.416 e. The first-order chi connectivity index (χ1) is 8.89. The Labute approximate surface area is 116 Å². The van der Waals surface area contributed by atoms with Gasteiger partial charge in [-0.05, 0) is 17.5 Å². The van der Waals surface area contributed by atoms with Crippen molar-refractivity contribution >= 4 is 32.4 Å². The second-order valence-corrected chi connectivity index (χ2v) is 4.93. The highest BCUT2D eigenvalue weighted by Crippen LogP contribution is 2.30. The van der Waals surface area contributed by atoms with E-state index in [2.05, 4.69) is 21.2 Å². The van der Waals surface area contributed by atoms with Gasteiger partial charge in [-0.1, -0.05) is 40.2 Å². The number of aliphatic hydroxyl groups excluding tert-OH is 1. The summed E-state index contributed by atoms with van der Waals surface area (Å²) in [5.74, 6) is 0. The minimum absolute atomic E-state index is 0.558. The average Bonchev–Trinajstić information content (AvgIpc) is 2.37. The van der Waals surface area contributed by atoms with E-state index in [0.29, 0.717) is 5.69 Å². The van der Waals surface area contributed by atoms with Crippen LogP contribution in [0.2, 0.25) is 0 Å². The molecule has 0 amide bonds. The van der Waals surface area contributed by atoms with Crippen LogP contribution in [0.5, 0.6) is 0 Å². The van der Waals surface area contributed by atoms with E-state index < -0.39 is 18.8 Å². The second-order valence-electron chi connectivity index (χ2n) is 4.08. The van der Waals surface area contributed by atoms with Crippen LogP contribution in [-0.4, -0.2) is 23.9 Å². The van der Waals surface area contributed by atoms with Crippen molar-refractivity contribution in [1.82, 2.24) is 0 Å². The van der Waals surface area contributed by atoms with Gasteiger partial charge in [0, 0.05) is 22.1 Å². The molecule has 0 spiro atoms. The van der Waals surface area contributed by atoms with Crippen LogP contribution in [0, 0.1) is 0 Å². The van der Waals surface area contributed by atoms with E-state index in [4.69, 9.17) is 5.11 Å². The van der Waals surface area contributed by atoms with Gasteiger partial charge >= 0.3 is 6.18 Å². The maximum absolute atomic E-state index is 12.2. The lowest BCUT2D eigenvalue weighted by Crippen LogP contribution is -2.35. The summed E-state index contributed by atoms with van der Waals surface area (Å²) in [5, 5.41) is 13.3. The molecule has 2 rings (SSSR count). The van der Waals surface area contributed by atoms with E-state index in [1.807, 2.05) is 18.2 Å². The normalized spacial score (nSPS) is 13.5. The molecule has 0 fully saturated rings. The Morgan fingerprint density at radius 1 is 1.11 bits per heavy atom. The predicted molar refractivity (Wildman–Crippen MR) is 72.2 cm³/mol. The second kappa shape index (κ2) is 5.38. The van der Waals surface area contributed by atoms with Gasteiger partial charge in [0.15, 0.2) is 6.10 Å². The topological polar surface area (TPSA) is 32.3 Å². The summed E-state index contributed by atoms with van der Waals surface area (Å²) in [6.07, 6.45) is -6.99. The molecule has 0 aliphatic heterocycles. The molecule has 1 atom stereocenters. The lowest BCUT2D eigenvalue weighted by Gasteiger charge is -2.17. The van der Waals surface area contributed by atoms with Crippen molar-refractivity contribution in [3.8, 4) is 0 Å². The zero-order valence-corrected chi connectivity index (χ0v) is 11.3. The van der Waals surface area contributed by atoms with Crippen molar-refractivity contribution in [3.63, 3.8) is 0 Å². The Morgan fingerprint density at radius 3 is 2.37 bits per heavy atom. The summed E-state index contributed by atoms with van der Waals surface area (Å²) < 4.78 is 37.6. The molecule has 19 heavy (non-hydrogen) atoms. The van der Waals surface area contributed by atoms with Gasteiger partial charge in [-0.2, -0.15) is 13.2 Å². The summed E-state index contributed by atoms with van der Waals surface area (Å²) in [5.41, 5.74) is 0.558. The summed E-state index contributed by atoms with van der Waals surface area (Å²) in [6.45, 7) is -0.574. The first kappa shape index (κ1) is 14.1. The van der Waals surface area contributed by atoms with E-state index in [0.717, 1.165) is 15.2 Å². The minimum Gasteiger partial charge on any atom is -0.382 e. The fourth-order valence-electron chi connectivity index (χ4n) is 1.74. The van der Waals surface area contributed by atoms with Gasteiger partial charge in [0.05, 0.1) is 0 Å². The zero-order chi connectivity index (χ0) is 14.0. The SMILES string of the molecule is OC(CNc1ccc(Br)c2ccccc12)C(F)(F)F. The minimum atomic E-state index is -4.61. The van der Waals surface area contributed by atoms with Gasteiger partial charge in [0.25, 0.3) is 0 Å². The number of rotatable bonds is 3. The highest BCUT2D eigenvalue weighted by atomic mass is 79.9. The van der Waals surface area contributed by atoms with Gasteiger partial charge in [0.1, 0.15) is 0 Å². The number of alkyl halides is 3. The Hall–Kier alpha value is -1.27. The molecule has 6 heteroatoms. The third kappa shape index (κ3) is 3.19. The van der Waals surface area contributed by atoms with E-state index in [1.54, 1.807) is 18.2 Å². The van der Waals surface area contributed by atoms with E-state index in [9.17, 15) is 13.2 Å². The van der Waals surface area contributed by atoms with Gasteiger partial charge in [-0.15, -0.1) is 0 Å². The van der Waals surface area contributed by atoms with Crippen LogP contribution in [0.3, 0.4) is 0 Å². The van der Waals surface area contributed by atoms with Gasteiger partial charge in [-0.25, -0.2) is 0 Å². The molecule has 0 bridgehead atoms. The van der Waals surface area contributed by atoms with E-state index >= 15 is 0 Å². The van der Waals surface area contributed by atoms with Crippen molar-refractivity contribution in [2.24, 2.45) is 0 Å². The van der Waals surface area contributed by atoms with Crippen molar-refractivity contribution in [2.75, 3.05) is 11.9 Å². The standard InChI is InChI=1S/C13H11BrF3NO/c14-10-5-6-11(9-4-2-1-3-8(9)10)18-7-12(19)13(15,16)17/h1-6,12,18-19H,7H2. The molecule has 1 unspecified atom stereocenters. The van der Waals surface area contributed by atoms with Crippen molar-refractivity contribution < 1.29 is 18.3 Å². The fraction of sp³-hybridized carbons (Fsp3) is 0.231. The van der Waals surface area contributed by atoms with Gasteiger partial charge in [-0.3, -0.25) is 0 Å².